The Morgan fingerprint density at radius 2 is 1.92 bits per heavy atom. The molecule has 1 aliphatic carbocycles. The molecule has 6 nitrogen and oxygen atoms in total. The van der Waals surface area contributed by atoms with Crippen molar-refractivity contribution in [3.05, 3.63) is 0 Å². The third-order valence-corrected chi connectivity index (χ3v) is 3.75. The minimum atomic E-state index is -4.32. The lowest BCUT2D eigenvalue weighted by molar-refractivity contribution is -0.141. The number of carboxylic acids is 1. The van der Waals surface area contributed by atoms with Gasteiger partial charge >= 0.3 is 13.6 Å². The zero-order valence-corrected chi connectivity index (χ0v) is 7.72. The summed E-state index contributed by atoms with van der Waals surface area (Å²) in [7, 11) is -4.32. The van der Waals surface area contributed by atoms with Crippen LogP contribution >= 0.6 is 7.60 Å². The Morgan fingerprint density at radius 3 is 2.23 bits per heavy atom. The summed E-state index contributed by atoms with van der Waals surface area (Å²) in [6.45, 7) is 0. The number of aliphatic carboxylic acids is 1. The minimum absolute atomic E-state index is 0.0846. The predicted octanol–water partition coefficient (Wildman–Crippen LogP) is -0.645. The maximum atomic E-state index is 10.9. The zero-order valence-electron chi connectivity index (χ0n) is 6.83. The van der Waals surface area contributed by atoms with Crippen molar-refractivity contribution in [2.45, 2.75) is 24.5 Å². The van der Waals surface area contributed by atoms with Gasteiger partial charge in [0.05, 0.1) is 11.6 Å². The van der Waals surface area contributed by atoms with Gasteiger partial charge < -0.3 is 20.6 Å². The van der Waals surface area contributed by atoms with Gasteiger partial charge in [-0.05, 0) is 12.8 Å². The first-order valence-electron chi connectivity index (χ1n) is 3.86. The summed E-state index contributed by atoms with van der Waals surface area (Å²) in [6.07, 6.45) is 0.229. The summed E-state index contributed by atoms with van der Waals surface area (Å²) in [5.74, 6) is -2.18. The van der Waals surface area contributed by atoms with Gasteiger partial charge in [0.15, 0.2) is 0 Å². The van der Waals surface area contributed by atoms with E-state index in [0.717, 1.165) is 0 Å². The highest BCUT2D eigenvalue weighted by Gasteiger charge is 2.46. The first kappa shape index (κ1) is 10.7. The molecule has 1 rings (SSSR count). The second kappa shape index (κ2) is 3.38. The summed E-state index contributed by atoms with van der Waals surface area (Å²) in [4.78, 5) is 28.3. The Balaban J connectivity index is 2.84. The van der Waals surface area contributed by atoms with Crippen LogP contribution in [0.3, 0.4) is 0 Å². The van der Waals surface area contributed by atoms with E-state index in [9.17, 15) is 9.36 Å². The highest BCUT2D eigenvalue weighted by Crippen LogP contribution is 2.51. The molecule has 0 radical (unpaired) electrons. The minimum Gasteiger partial charge on any atom is -0.481 e. The van der Waals surface area contributed by atoms with Crippen molar-refractivity contribution in [1.29, 1.82) is 0 Å². The molecule has 3 unspecified atom stereocenters. The topological polar surface area (TPSA) is 121 Å². The molecule has 0 bridgehead atoms. The second-order valence-electron chi connectivity index (χ2n) is 3.33. The van der Waals surface area contributed by atoms with Gasteiger partial charge in [0.1, 0.15) is 0 Å². The van der Waals surface area contributed by atoms with E-state index >= 15 is 0 Å². The van der Waals surface area contributed by atoms with E-state index in [0.29, 0.717) is 0 Å². The van der Waals surface area contributed by atoms with Crippen molar-refractivity contribution < 1.29 is 24.3 Å². The van der Waals surface area contributed by atoms with Crippen LogP contribution in [0.15, 0.2) is 0 Å². The van der Waals surface area contributed by atoms with E-state index in [-0.39, 0.29) is 12.8 Å². The first-order chi connectivity index (χ1) is 5.82. The third-order valence-electron chi connectivity index (χ3n) is 2.31. The van der Waals surface area contributed by atoms with E-state index < -0.39 is 31.2 Å². The molecule has 1 saturated carbocycles. The molecule has 1 fully saturated rings. The van der Waals surface area contributed by atoms with Crippen LogP contribution in [0.2, 0.25) is 0 Å². The smallest absolute Gasteiger partial charge is 0.329 e. The van der Waals surface area contributed by atoms with Crippen molar-refractivity contribution in [3.8, 4) is 0 Å². The van der Waals surface area contributed by atoms with Gasteiger partial charge in [-0.2, -0.15) is 0 Å². The van der Waals surface area contributed by atoms with Crippen LogP contribution in [-0.2, 0) is 9.36 Å². The molecule has 13 heavy (non-hydrogen) atoms. The number of rotatable bonds is 2. The maximum absolute atomic E-state index is 10.9. The number of carbonyl (C=O) groups is 1. The fourth-order valence-electron chi connectivity index (χ4n) is 1.69. The summed E-state index contributed by atoms with van der Waals surface area (Å²) in [5.41, 5.74) is 4.33. The van der Waals surface area contributed by atoms with Gasteiger partial charge in [-0.3, -0.25) is 9.36 Å². The zero-order chi connectivity index (χ0) is 10.2. The van der Waals surface area contributed by atoms with Crippen molar-refractivity contribution in [2.75, 3.05) is 0 Å². The molecule has 7 heteroatoms. The molecular weight excluding hydrogens is 197 g/mol. The lowest BCUT2D eigenvalue weighted by Crippen LogP contribution is -2.22. The lowest BCUT2D eigenvalue weighted by atomic mass is 10.1. The van der Waals surface area contributed by atoms with Gasteiger partial charge in [0.2, 0.25) is 0 Å². The van der Waals surface area contributed by atoms with Crippen molar-refractivity contribution in [3.63, 3.8) is 0 Å². The molecule has 0 aromatic carbocycles. The predicted molar refractivity (Wildman–Crippen MR) is 44.2 cm³/mol. The largest absolute Gasteiger partial charge is 0.481 e. The van der Waals surface area contributed by atoms with Crippen LogP contribution < -0.4 is 5.73 Å². The van der Waals surface area contributed by atoms with Gasteiger partial charge in [-0.25, -0.2) is 0 Å². The standard InChI is InChI=1S/C6H12NO5P/c7-3-1-4(6(8)9)5(2-3)13(10,11)12/h3-5H,1-2,7H2,(H,8,9)(H2,10,11,12). The van der Waals surface area contributed by atoms with Gasteiger partial charge in [0, 0.05) is 6.04 Å². The highest BCUT2D eigenvalue weighted by atomic mass is 31.2. The molecule has 0 saturated heterocycles. The molecule has 0 spiro atoms. The van der Waals surface area contributed by atoms with E-state index in [1.54, 1.807) is 0 Å². The Bertz CT molecular complexity index is 262. The van der Waals surface area contributed by atoms with E-state index in [1.165, 1.54) is 0 Å². The Kier molecular flexibility index (Phi) is 2.77. The molecule has 0 aromatic rings. The monoisotopic (exact) mass is 209 g/mol. The van der Waals surface area contributed by atoms with Gasteiger partial charge in [-0.1, -0.05) is 0 Å². The summed E-state index contributed by atoms with van der Waals surface area (Å²) in [5, 5.41) is 8.67. The Hall–Kier alpha value is -0.420. The fourth-order valence-corrected chi connectivity index (χ4v) is 2.95. The van der Waals surface area contributed by atoms with Crippen LogP contribution in [0.4, 0.5) is 0 Å². The van der Waals surface area contributed by atoms with Crippen LogP contribution in [-0.4, -0.2) is 32.6 Å². The number of carboxylic acid groups (broad SMARTS) is 1. The van der Waals surface area contributed by atoms with E-state index in [2.05, 4.69) is 0 Å². The number of hydrogen-bond donors (Lipinski definition) is 4. The SMILES string of the molecule is NC1CC(C(=O)O)C(P(=O)(O)O)C1. The number of hydrogen-bond acceptors (Lipinski definition) is 3. The van der Waals surface area contributed by atoms with Crippen LogP contribution in [0.25, 0.3) is 0 Å². The lowest BCUT2D eigenvalue weighted by Gasteiger charge is -2.16. The van der Waals surface area contributed by atoms with Crippen LogP contribution in [0, 0.1) is 5.92 Å². The Morgan fingerprint density at radius 1 is 1.38 bits per heavy atom. The quantitative estimate of drug-likeness (QED) is 0.448. The van der Waals surface area contributed by atoms with Gasteiger partial charge in [-0.15, -0.1) is 0 Å². The van der Waals surface area contributed by atoms with Crippen LogP contribution in [0.1, 0.15) is 12.8 Å². The number of nitrogens with two attached hydrogens (primary N) is 1. The summed E-state index contributed by atoms with van der Waals surface area (Å²) >= 11 is 0. The fraction of sp³-hybridized carbons (Fsp3) is 0.833. The molecule has 3 atom stereocenters. The Labute approximate surface area is 74.9 Å². The van der Waals surface area contributed by atoms with Crippen molar-refractivity contribution in [2.24, 2.45) is 11.7 Å². The summed E-state index contributed by atoms with van der Waals surface area (Å²) in [6, 6.07) is -0.418. The van der Waals surface area contributed by atoms with E-state index in [4.69, 9.17) is 20.6 Å². The van der Waals surface area contributed by atoms with Crippen molar-refractivity contribution in [1.82, 2.24) is 0 Å². The van der Waals surface area contributed by atoms with Crippen LogP contribution in [0.5, 0.6) is 0 Å². The second-order valence-corrected chi connectivity index (χ2v) is 5.17. The first-order valence-corrected chi connectivity index (χ1v) is 5.54. The average Bonchev–Trinajstić information content (AvgIpc) is 2.29. The molecule has 5 N–H and O–H groups in total. The normalized spacial score (nSPS) is 34.8. The molecule has 1 aliphatic rings. The van der Waals surface area contributed by atoms with Crippen molar-refractivity contribution >= 4 is 13.6 Å². The highest BCUT2D eigenvalue weighted by molar-refractivity contribution is 7.52. The molecule has 0 aliphatic heterocycles. The molecule has 0 heterocycles. The molecule has 76 valence electrons. The maximum Gasteiger partial charge on any atom is 0.329 e. The van der Waals surface area contributed by atoms with E-state index in [1.807, 2.05) is 0 Å². The average molecular weight is 209 g/mol. The summed E-state index contributed by atoms with van der Waals surface area (Å²) < 4.78 is 10.9. The van der Waals surface area contributed by atoms with Gasteiger partial charge in [0.25, 0.3) is 0 Å². The third kappa shape index (κ3) is 2.28. The molecule has 0 amide bonds. The molecule has 0 aromatic heterocycles. The molecular formula is C6H12NO5P.